The van der Waals surface area contributed by atoms with Crippen LogP contribution >= 0.6 is 11.3 Å². The van der Waals surface area contributed by atoms with Crippen molar-refractivity contribution in [2.24, 2.45) is 0 Å². The molecule has 2 aromatic carbocycles. The molecular formula is C25H29N3O3S2. The molecule has 1 aliphatic rings. The van der Waals surface area contributed by atoms with Gasteiger partial charge in [-0.3, -0.25) is 4.79 Å². The summed E-state index contributed by atoms with van der Waals surface area (Å²) in [6.45, 7) is 8.24. The van der Waals surface area contributed by atoms with Gasteiger partial charge in [0.15, 0.2) is 0 Å². The van der Waals surface area contributed by atoms with Gasteiger partial charge < -0.3 is 10.2 Å². The van der Waals surface area contributed by atoms with Crippen LogP contribution < -0.4 is 10.2 Å². The Morgan fingerprint density at radius 3 is 2.33 bits per heavy atom. The number of hydrogen-bond donors (Lipinski definition) is 1. The molecule has 0 atom stereocenters. The molecule has 1 amide bonds. The molecule has 1 saturated heterocycles. The molecule has 0 radical (unpaired) electrons. The highest BCUT2D eigenvalue weighted by Crippen LogP contribution is 2.28. The minimum Gasteiger partial charge on any atom is -0.369 e. The first kappa shape index (κ1) is 23.5. The van der Waals surface area contributed by atoms with E-state index in [-0.39, 0.29) is 9.77 Å². The van der Waals surface area contributed by atoms with Gasteiger partial charge in [0.25, 0.3) is 5.91 Å². The van der Waals surface area contributed by atoms with Gasteiger partial charge in [-0.05, 0) is 59.7 Å². The van der Waals surface area contributed by atoms with Crippen LogP contribution in [-0.4, -0.2) is 44.8 Å². The number of rotatable bonds is 6. The predicted molar refractivity (Wildman–Crippen MR) is 135 cm³/mol. The molecule has 1 aliphatic heterocycles. The van der Waals surface area contributed by atoms with Crippen LogP contribution in [0.1, 0.15) is 40.6 Å². The summed E-state index contributed by atoms with van der Waals surface area (Å²) in [5, 5.41) is 4.50. The number of carbonyl (C=O) groups excluding carboxylic acids is 1. The molecule has 0 unspecified atom stereocenters. The van der Waals surface area contributed by atoms with Crippen LogP contribution in [0.25, 0.3) is 0 Å². The summed E-state index contributed by atoms with van der Waals surface area (Å²) >= 11 is 1.15. The van der Waals surface area contributed by atoms with Crippen molar-refractivity contribution in [2.75, 3.05) is 36.4 Å². The summed E-state index contributed by atoms with van der Waals surface area (Å²) in [6.07, 6.45) is 0. The Bertz CT molecular complexity index is 1230. The second-order valence-electron chi connectivity index (χ2n) is 8.57. The van der Waals surface area contributed by atoms with E-state index in [1.165, 1.54) is 21.5 Å². The molecule has 174 valence electrons. The highest BCUT2D eigenvalue weighted by molar-refractivity contribution is 7.89. The molecule has 0 aliphatic carbocycles. The van der Waals surface area contributed by atoms with Crippen molar-refractivity contribution in [1.82, 2.24) is 4.31 Å². The van der Waals surface area contributed by atoms with E-state index in [1.54, 1.807) is 5.38 Å². The Hall–Kier alpha value is -2.68. The van der Waals surface area contributed by atoms with Crippen LogP contribution in [0.4, 0.5) is 11.4 Å². The Labute approximate surface area is 199 Å². The van der Waals surface area contributed by atoms with Crippen LogP contribution in [0.2, 0.25) is 0 Å². The van der Waals surface area contributed by atoms with Crippen molar-refractivity contribution in [3.05, 3.63) is 76.0 Å². The smallest absolute Gasteiger partial charge is 0.267 e. The van der Waals surface area contributed by atoms with E-state index in [0.29, 0.717) is 37.8 Å². The fraction of sp³-hybridized carbons (Fsp3) is 0.320. The van der Waals surface area contributed by atoms with Crippen LogP contribution in [-0.2, 0) is 10.0 Å². The lowest BCUT2D eigenvalue weighted by Gasteiger charge is -2.35. The predicted octanol–water partition coefficient (Wildman–Crippen LogP) is 4.94. The second-order valence-corrected chi connectivity index (χ2v) is 11.4. The monoisotopic (exact) mass is 483 g/mol. The summed E-state index contributed by atoms with van der Waals surface area (Å²) in [6, 6.07) is 17.4. The molecular weight excluding hydrogens is 454 g/mol. The van der Waals surface area contributed by atoms with E-state index in [9.17, 15) is 13.2 Å². The number of amides is 1. The number of anilines is 2. The van der Waals surface area contributed by atoms with Crippen LogP contribution in [0.15, 0.2) is 64.9 Å². The summed E-state index contributed by atoms with van der Waals surface area (Å²) in [7, 11) is -3.76. The van der Waals surface area contributed by atoms with Gasteiger partial charge in [-0.1, -0.05) is 38.1 Å². The molecule has 4 rings (SSSR count). The van der Waals surface area contributed by atoms with E-state index < -0.39 is 15.9 Å². The molecule has 1 N–H and O–H groups in total. The normalized spacial score (nSPS) is 15.1. The molecule has 1 aromatic heterocycles. The lowest BCUT2D eigenvalue weighted by atomic mass is 10.0. The minimum absolute atomic E-state index is 0.0767. The van der Waals surface area contributed by atoms with Gasteiger partial charge in [0.1, 0.15) is 9.77 Å². The largest absolute Gasteiger partial charge is 0.369 e. The molecule has 1 fully saturated rings. The summed E-state index contributed by atoms with van der Waals surface area (Å²) < 4.78 is 28.2. The van der Waals surface area contributed by atoms with Gasteiger partial charge in [0, 0.05) is 37.6 Å². The van der Waals surface area contributed by atoms with Gasteiger partial charge in [0.05, 0.1) is 0 Å². The Balaban J connectivity index is 1.46. The van der Waals surface area contributed by atoms with E-state index in [2.05, 4.69) is 30.1 Å². The molecule has 0 bridgehead atoms. The molecule has 0 spiro atoms. The number of nitrogens with zero attached hydrogens (tertiary/aromatic N) is 2. The quantitative estimate of drug-likeness (QED) is 0.539. The van der Waals surface area contributed by atoms with E-state index in [0.717, 1.165) is 17.0 Å². The number of nitrogens with one attached hydrogen (secondary N) is 1. The molecule has 2 heterocycles. The first-order chi connectivity index (χ1) is 15.8. The third-order valence-corrected chi connectivity index (χ3v) is 8.88. The number of benzene rings is 2. The first-order valence-electron chi connectivity index (χ1n) is 11.1. The van der Waals surface area contributed by atoms with Crippen molar-refractivity contribution >= 4 is 38.6 Å². The van der Waals surface area contributed by atoms with Gasteiger partial charge in [-0.15, -0.1) is 11.3 Å². The summed E-state index contributed by atoms with van der Waals surface area (Å²) in [5.74, 6) is -0.00515. The SMILES string of the molecule is Cc1cccc(N2CCN(S(=O)(=O)c3ccsc3C(=O)Nc3ccc(C(C)C)cc3)CC2)c1. The van der Waals surface area contributed by atoms with E-state index in [4.69, 9.17) is 0 Å². The maximum Gasteiger partial charge on any atom is 0.267 e. The van der Waals surface area contributed by atoms with Gasteiger partial charge in [-0.25, -0.2) is 8.42 Å². The molecule has 6 nitrogen and oxygen atoms in total. The highest BCUT2D eigenvalue weighted by atomic mass is 32.2. The number of piperazine rings is 1. The number of sulfonamides is 1. The van der Waals surface area contributed by atoms with Crippen LogP contribution in [0, 0.1) is 6.92 Å². The average Bonchev–Trinajstić information content (AvgIpc) is 3.31. The van der Waals surface area contributed by atoms with Crippen molar-refractivity contribution < 1.29 is 13.2 Å². The molecule has 3 aromatic rings. The van der Waals surface area contributed by atoms with Gasteiger partial charge >= 0.3 is 0 Å². The fourth-order valence-corrected chi connectivity index (χ4v) is 6.67. The summed E-state index contributed by atoms with van der Waals surface area (Å²) in [4.78, 5) is 15.4. The Morgan fingerprint density at radius 2 is 1.70 bits per heavy atom. The van der Waals surface area contributed by atoms with Gasteiger partial charge in [0.2, 0.25) is 10.0 Å². The van der Waals surface area contributed by atoms with Gasteiger partial charge in [-0.2, -0.15) is 4.31 Å². The zero-order valence-corrected chi connectivity index (χ0v) is 20.7. The third kappa shape index (κ3) is 5.13. The standard InChI is InChI=1S/C25H29N3O3S2/c1-18(2)20-7-9-21(10-8-20)26-25(29)24-23(11-16-32-24)33(30,31)28-14-12-27(13-15-28)22-6-4-5-19(3)17-22/h4-11,16-18H,12-15H2,1-3H3,(H,26,29). The lowest BCUT2D eigenvalue weighted by molar-refractivity contribution is 0.102. The van der Waals surface area contributed by atoms with Crippen molar-refractivity contribution in [3.63, 3.8) is 0 Å². The zero-order chi connectivity index (χ0) is 23.6. The zero-order valence-electron chi connectivity index (χ0n) is 19.1. The molecule has 0 saturated carbocycles. The first-order valence-corrected chi connectivity index (χ1v) is 13.4. The second kappa shape index (κ2) is 9.67. The topological polar surface area (TPSA) is 69.7 Å². The minimum atomic E-state index is -3.76. The number of carbonyl (C=O) groups is 1. The fourth-order valence-electron chi connectivity index (χ4n) is 3.96. The van der Waals surface area contributed by atoms with Crippen LogP contribution in [0.5, 0.6) is 0 Å². The average molecular weight is 484 g/mol. The van der Waals surface area contributed by atoms with E-state index in [1.807, 2.05) is 49.4 Å². The third-order valence-electron chi connectivity index (χ3n) is 5.89. The van der Waals surface area contributed by atoms with Crippen molar-refractivity contribution in [2.45, 2.75) is 31.6 Å². The number of hydrogen-bond acceptors (Lipinski definition) is 5. The molecule has 33 heavy (non-hydrogen) atoms. The Morgan fingerprint density at radius 1 is 1.00 bits per heavy atom. The van der Waals surface area contributed by atoms with Crippen molar-refractivity contribution in [3.8, 4) is 0 Å². The summed E-state index contributed by atoms with van der Waals surface area (Å²) in [5.41, 5.74) is 4.10. The maximum atomic E-state index is 13.4. The van der Waals surface area contributed by atoms with Crippen LogP contribution in [0.3, 0.4) is 0 Å². The highest BCUT2D eigenvalue weighted by Gasteiger charge is 2.32. The maximum absolute atomic E-state index is 13.4. The van der Waals surface area contributed by atoms with E-state index >= 15 is 0 Å². The molecule has 8 heteroatoms. The lowest BCUT2D eigenvalue weighted by Crippen LogP contribution is -2.48. The van der Waals surface area contributed by atoms with Crippen molar-refractivity contribution in [1.29, 1.82) is 0 Å². The Kier molecular flexibility index (Phi) is 6.88. The number of thiophene rings is 1. The number of aryl methyl sites for hydroxylation is 1.